The molecule has 0 aliphatic rings. The van der Waals surface area contributed by atoms with Gasteiger partial charge in [0.1, 0.15) is 0 Å². The Bertz CT molecular complexity index is 491. The molecule has 3 N–H and O–H groups in total. The molecular weight excluding hydrogens is 286 g/mol. The normalized spacial score (nSPS) is 12.6. The first kappa shape index (κ1) is 17.5. The maximum atomic E-state index is 11.7. The lowest BCUT2D eigenvalue weighted by Gasteiger charge is -2.21. The molecule has 0 spiro atoms. The predicted molar refractivity (Wildman–Crippen MR) is 86.7 cm³/mol. The first-order chi connectivity index (χ1) is 9.65. The fraction of sp³-hybridized carbons (Fsp3) is 0.600. The summed E-state index contributed by atoms with van der Waals surface area (Å²) < 4.78 is 0. The lowest BCUT2D eigenvalue weighted by molar-refractivity contribution is -0.121. The number of aryl methyl sites for hydroxylation is 1. The minimum absolute atomic E-state index is 0.0199. The third kappa shape index (κ3) is 7.70. The van der Waals surface area contributed by atoms with Crippen LogP contribution in [-0.2, 0) is 11.2 Å². The van der Waals surface area contributed by atoms with Gasteiger partial charge in [-0.05, 0) is 46.8 Å². The Hall–Kier alpha value is -1.56. The van der Waals surface area contributed by atoms with Crippen LogP contribution in [0.5, 0.6) is 0 Å². The molecule has 1 atom stereocenters. The third-order valence-corrected chi connectivity index (χ3v) is 3.63. The zero-order valence-corrected chi connectivity index (χ0v) is 14.2. The molecule has 3 amide bonds. The molecule has 0 saturated heterocycles. The summed E-state index contributed by atoms with van der Waals surface area (Å²) >= 11 is 1.73. The maximum Gasteiger partial charge on any atom is 0.315 e. The van der Waals surface area contributed by atoms with Crippen LogP contribution in [0.3, 0.4) is 0 Å². The Balaban J connectivity index is 2.28. The van der Waals surface area contributed by atoms with Gasteiger partial charge >= 0.3 is 6.03 Å². The van der Waals surface area contributed by atoms with Gasteiger partial charge in [-0.15, -0.1) is 11.3 Å². The number of carbonyl (C=O) groups is 2. The van der Waals surface area contributed by atoms with Gasteiger partial charge in [0, 0.05) is 27.8 Å². The molecule has 0 bridgehead atoms. The van der Waals surface area contributed by atoms with E-state index in [0.29, 0.717) is 0 Å². The molecule has 21 heavy (non-hydrogen) atoms. The summed E-state index contributed by atoms with van der Waals surface area (Å²) in [5.74, 6) is -0.195. The lowest BCUT2D eigenvalue weighted by atomic mass is 10.1. The number of amides is 3. The summed E-state index contributed by atoms with van der Waals surface area (Å²) in [5, 5.41) is 8.19. The maximum absolute atomic E-state index is 11.7. The Morgan fingerprint density at radius 1 is 1.29 bits per heavy atom. The van der Waals surface area contributed by atoms with Crippen molar-refractivity contribution in [2.75, 3.05) is 6.54 Å². The number of thiophene rings is 1. The van der Waals surface area contributed by atoms with E-state index in [1.807, 2.05) is 27.7 Å². The van der Waals surface area contributed by atoms with Crippen molar-refractivity contribution < 1.29 is 9.59 Å². The van der Waals surface area contributed by atoms with Crippen molar-refractivity contribution in [2.24, 2.45) is 0 Å². The minimum Gasteiger partial charge on any atom is -0.350 e. The van der Waals surface area contributed by atoms with Gasteiger partial charge in [-0.25, -0.2) is 4.79 Å². The van der Waals surface area contributed by atoms with Crippen LogP contribution in [0.25, 0.3) is 0 Å². The zero-order valence-electron chi connectivity index (χ0n) is 13.4. The van der Waals surface area contributed by atoms with Gasteiger partial charge in [0.05, 0.1) is 6.54 Å². The van der Waals surface area contributed by atoms with Crippen molar-refractivity contribution in [3.63, 3.8) is 0 Å². The lowest BCUT2D eigenvalue weighted by Crippen LogP contribution is -2.49. The summed E-state index contributed by atoms with van der Waals surface area (Å²) in [7, 11) is 0. The smallest absolute Gasteiger partial charge is 0.315 e. The van der Waals surface area contributed by atoms with Crippen molar-refractivity contribution >= 4 is 23.3 Å². The highest BCUT2D eigenvalue weighted by atomic mass is 32.1. The second kappa shape index (κ2) is 7.45. The van der Waals surface area contributed by atoms with E-state index in [2.05, 4.69) is 35.0 Å². The highest BCUT2D eigenvalue weighted by Gasteiger charge is 2.15. The minimum atomic E-state index is -0.320. The van der Waals surface area contributed by atoms with Crippen LogP contribution in [0.4, 0.5) is 4.79 Å². The van der Waals surface area contributed by atoms with Crippen LogP contribution >= 0.6 is 11.3 Å². The van der Waals surface area contributed by atoms with Crippen LogP contribution in [0.2, 0.25) is 0 Å². The highest BCUT2D eigenvalue weighted by molar-refractivity contribution is 7.11. The molecule has 0 aliphatic heterocycles. The molecule has 0 fully saturated rings. The zero-order chi connectivity index (χ0) is 16.0. The van der Waals surface area contributed by atoms with Crippen LogP contribution in [0.1, 0.15) is 37.4 Å². The SMILES string of the molecule is Cc1ccc(C[C@H](C)NC(=O)NCC(=O)NC(C)(C)C)s1. The van der Waals surface area contributed by atoms with Gasteiger partial charge in [-0.1, -0.05) is 0 Å². The monoisotopic (exact) mass is 311 g/mol. The molecule has 1 rings (SSSR count). The van der Waals surface area contributed by atoms with Crippen molar-refractivity contribution in [2.45, 2.75) is 52.6 Å². The van der Waals surface area contributed by atoms with E-state index in [-0.39, 0.29) is 30.1 Å². The Labute approximate surface area is 130 Å². The fourth-order valence-electron chi connectivity index (χ4n) is 1.85. The molecule has 0 aliphatic carbocycles. The van der Waals surface area contributed by atoms with Crippen LogP contribution in [0, 0.1) is 6.92 Å². The molecule has 5 nitrogen and oxygen atoms in total. The standard InChI is InChI=1S/C15H25N3O2S/c1-10(8-12-7-6-11(2)21-12)17-14(20)16-9-13(19)18-15(3,4)5/h6-7,10H,8-9H2,1-5H3,(H,18,19)(H2,16,17,20)/t10-/m0/s1. The summed E-state index contributed by atoms with van der Waals surface area (Å²) in [6, 6.07) is 3.85. The summed E-state index contributed by atoms with van der Waals surface area (Å²) in [6.45, 7) is 9.69. The van der Waals surface area contributed by atoms with Crippen LogP contribution < -0.4 is 16.0 Å². The molecule has 0 radical (unpaired) electrons. The molecule has 1 heterocycles. The summed E-state index contributed by atoms with van der Waals surface area (Å²) in [6.07, 6.45) is 0.792. The number of urea groups is 1. The van der Waals surface area contributed by atoms with E-state index in [9.17, 15) is 9.59 Å². The van der Waals surface area contributed by atoms with Gasteiger partial charge in [-0.2, -0.15) is 0 Å². The quantitative estimate of drug-likeness (QED) is 0.780. The molecule has 1 aromatic rings. The molecule has 118 valence electrons. The van der Waals surface area contributed by atoms with E-state index >= 15 is 0 Å². The molecule has 0 saturated carbocycles. The van der Waals surface area contributed by atoms with Gasteiger partial charge in [0.15, 0.2) is 0 Å². The van der Waals surface area contributed by atoms with Gasteiger partial charge in [-0.3, -0.25) is 4.79 Å². The van der Waals surface area contributed by atoms with Crippen LogP contribution in [-0.4, -0.2) is 30.1 Å². The molecule has 6 heteroatoms. The third-order valence-electron chi connectivity index (χ3n) is 2.60. The summed E-state index contributed by atoms with van der Waals surface area (Å²) in [5.41, 5.74) is -0.292. The van der Waals surface area contributed by atoms with E-state index < -0.39 is 0 Å². The van der Waals surface area contributed by atoms with Crippen molar-refractivity contribution in [1.29, 1.82) is 0 Å². The first-order valence-electron chi connectivity index (χ1n) is 7.06. The first-order valence-corrected chi connectivity index (χ1v) is 7.88. The van der Waals surface area contributed by atoms with Crippen molar-refractivity contribution in [3.8, 4) is 0 Å². The number of rotatable bonds is 5. The fourth-order valence-corrected chi connectivity index (χ4v) is 2.86. The average Bonchev–Trinajstić information content (AvgIpc) is 2.69. The molecular formula is C15H25N3O2S. The molecule has 0 aromatic carbocycles. The van der Waals surface area contributed by atoms with E-state index in [4.69, 9.17) is 0 Å². The topological polar surface area (TPSA) is 70.2 Å². The van der Waals surface area contributed by atoms with Crippen LogP contribution in [0.15, 0.2) is 12.1 Å². The Kier molecular flexibility index (Phi) is 6.20. The van der Waals surface area contributed by atoms with Gasteiger partial charge < -0.3 is 16.0 Å². The van der Waals surface area contributed by atoms with Gasteiger partial charge in [0.25, 0.3) is 0 Å². The Morgan fingerprint density at radius 3 is 2.48 bits per heavy atom. The summed E-state index contributed by atoms with van der Waals surface area (Å²) in [4.78, 5) is 25.8. The Morgan fingerprint density at radius 2 is 1.95 bits per heavy atom. The highest BCUT2D eigenvalue weighted by Crippen LogP contribution is 2.16. The molecule has 1 aromatic heterocycles. The molecule has 0 unspecified atom stereocenters. The van der Waals surface area contributed by atoms with E-state index in [1.165, 1.54) is 9.75 Å². The largest absolute Gasteiger partial charge is 0.350 e. The number of hydrogen-bond acceptors (Lipinski definition) is 3. The van der Waals surface area contributed by atoms with Gasteiger partial charge in [0.2, 0.25) is 5.91 Å². The second-order valence-corrected chi connectivity index (χ2v) is 7.62. The van der Waals surface area contributed by atoms with Crippen molar-refractivity contribution in [1.82, 2.24) is 16.0 Å². The van der Waals surface area contributed by atoms with E-state index in [1.54, 1.807) is 11.3 Å². The second-order valence-electron chi connectivity index (χ2n) is 6.24. The number of carbonyl (C=O) groups excluding carboxylic acids is 2. The average molecular weight is 311 g/mol. The number of hydrogen-bond donors (Lipinski definition) is 3. The van der Waals surface area contributed by atoms with E-state index in [0.717, 1.165) is 6.42 Å². The predicted octanol–water partition coefficient (Wildman–Crippen LogP) is 2.20. The van der Waals surface area contributed by atoms with Crippen molar-refractivity contribution in [3.05, 3.63) is 21.9 Å². The number of nitrogens with one attached hydrogen (secondary N) is 3.